The fourth-order valence-electron chi connectivity index (χ4n) is 2.11. The van der Waals surface area contributed by atoms with Crippen LogP contribution in [0, 0.1) is 22.9 Å². The van der Waals surface area contributed by atoms with Crippen LogP contribution in [0.1, 0.15) is 29.6 Å². The van der Waals surface area contributed by atoms with Gasteiger partial charge in [0.1, 0.15) is 0 Å². The second kappa shape index (κ2) is 5.15. The first-order chi connectivity index (χ1) is 9.35. The van der Waals surface area contributed by atoms with Crippen molar-refractivity contribution in [1.82, 2.24) is 5.32 Å². The molecule has 2 rings (SSSR count). The highest BCUT2D eigenvalue weighted by molar-refractivity contribution is 5.94. The third-order valence-corrected chi connectivity index (χ3v) is 3.60. The molecule has 0 heterocycles. The monoisotopic (exact) mass is 287 g/mol. The first-order valence-corrected chi connectivity index (χ1v) is 6.02. The number of carbonyl (C=O) groups is 2. The second-order valence-electron chi connectivity index (χ2n) is 4.88. The summed E-state index contributed by atoms with van der Waals surface area (Å²) in [7, 11) is 0. The van der Waals surface area contributed by atoms with Gasteiger partial charge in [0.15, 0.2) is 17.5 Å². The largest absolute Gasteiger partial charge is 0.481 e. The molecular weight excluding hydrogens is 275 g/mol. The number of hydrogen-bond donors (Lipinski definition) is 2. The molecule has 2 N–H and O–H groups in total. The Bertz CT molecular complexity index is 547. The summed E-state index contributed by atoms with van der Waals surface area (Å²) >= 11 is 0. The molecule has 0 aliphatic heterocycles. The number of halogens is 3. The van der Waals surface area contributed by atoms with Crippen LogP contribution in [0.5, 0.6) is 0 Å². The van der Waals surface area contributed by atoms with Crippen LogP contribution >= 0.6 is 0 Å². The van der Waals surface area contributed by atoms with E-state index >= 15 is 0 Å². The lowest BCUT2D eigenvalue weighted by atomic mass is 9.69. The van der Waals surface area contributed by atoms with Crippen molar-refractivity contribution in [2.75, 3.05) is 6.54 Å². The molecule has 1 aromatic rings. The molecule has 0 unspecified atom stereocenters. The van der Waals surface area contributed by atoms with Gasteiger partial charge in [-0.2, -0.15) is 0 Å². The molecule has 1 aromatic carbocycles. The topological polar surface area (TPSA) is 66.4 Å². The van der Waals surface area contributed by atoms with E-state index in [1.165, 1.54) is 0 Å². The van der Waals surface area contributed by atoms with Crippen LogP contribution < -0.4 is 5.32 Å². The predicted molar refractivity (Wildman–Crippen MR) is 62.6 cm³/mol. The van der Waals surface area contributed by atoms with Crippen molar-refractivity contribution in [1.29, 1.82) is 0 Å². The van der Waals surface area contributed by atoms with Gasteiger partial charge in [-0.25, -0.2) is 13.2 Å². The highest BCUT2D eigenvalue weighted by Crippen LogP contribution is 2.40. The standard InChI is InChI=1S/C13H12F3NO3/c14-8-4-7(5-9(15)10(8)16)11(18)17-6-13(12(19)20)2-1-3-13/h4-5H,1-3,6H2,(H,17,18)(H,19,20). The maximum Gasteiger partial charge on any atom is 0.311 e. The van der Waals surface area contributed by atoms with Crippen LogP contribution in [-0.4, -0.2) is 23.5 Å². The lowest BCUT2D eigenvalue weighted by Gasteiger charge is -2.37. The van der Waals surface area contributed by atoms with E-state index in [9.17, 15) is 22.8 Å². The Balaban J connectivity index is 2.07. The predicted octanol–water partition coefficient (Wildman–Crippen LogP) is 2.09. The van der Waals surface area contributed by atoms with Gasteiger partial charge >= 0.3 is 5.97 Å². The zero-order valence-corrected chi connectivity index (χ0v) is 10.4. The van der Waals surface area contributed by atoms with E-state index in [2.05, 4.69) is 5.32 Å². The van der Waals surface area contributed by atoms with E-state index in [0.717, 1.165) is 6.42 Å². The number of nitrogens with one attached hydrogen (secondary N) is 1. The van der Waals surface area contributed by atoms with E-state index in [1.807, 2.05) is 0 Å². The van der Waals surface area contributed by atoms with Crippen molar-refractivity contribution in [2.45, 2.75) is 19.3 Å². The first-order valence-electron chi connectivity index (χ1n) is 6.02. The molecule has 0 bridgehead atoms. The minimum absolute atomic E-state index is 0.123. The van der Waals surface area contributed by atoms with E-state index in [1.54, 1.807) is 0 Å². The normalized spacial score (nSPS) is 16.4. The summed E-state index contributed by atoms with van der Waals surface area (Å²) in [4.78, 5) is 22.8. The Kier molecular flexibility index (Phi) is 3.69. The van der Waals surface area contributed by atoms with Gasteiger partial charge in [0.05, 0.1) is 5.41 Å². The molecule has 0 aromatic heterocycles. The minimum atomic E-state index is -1.65. The van der Waals surface area contributed by atoms with Crippen LogP contribution in [-0.2, 0) is 4.79 Å². The molecule has 1 aliphatic rings. The van der Waals surface area contributed by atoms with Gasteiger partial charge in [-0.1, -0.05) is 6.42 Å². The Morgan fingerprint density at radius 3 is 2.15 bits per heavy atom. The number of carboxylic acid groups (broad SMARTS) is 1. The molecule has 1 amide bonds. The number of hydrogen-bond acceptors (Lipinski definition) is 2. The number of rotatable bonds is 4. The molecule has 0 atom stereocenters. The number of aliphatic carboxylic acids is 1. The van der Waals surface area contributed by atoms with Gasteiger partial charge in [0.2, 0.25) is 0 Å². The third kappa shape index (κ3) is 2.48. The summed E-state index contributed by atoms with van der Waals surface area (Å²) in [5.41, 5.74) is -1.39. The van der Waals surface area contributed by atoms with Gasteiger partial charge in [-0.15, -0.1) is 0 Å². The summed E-state index contributed by atoms with van der Waals surface area (Å²) in [5, 5.41) is 11.4. The summed E-state index contributed by atoms with van der Waals surface area (Å²) in [5.74, 6) is -6.43. The van der Waals surface area contributed by atoms with Gasteiger partial charge in [-0.3, -0.25) is 9.59 Å². The zero-order chi connectivity index (χ0) is 14.9. The third-order valence-electron chi connectivity index (χ3n) is 3.60. The van der Waals surface area contributed by atoms with Crippen molar-refractivity contribution in [2.24, 2.45) is 5.41 Å². The molecule has 1 saturated carbocycles. The van der Waals surface area contributed by atoms with E-state index in [-0.39, 0.29) is 12.1 Å². The Hall–Kier alpha value is -2.05. The highest BCUT2D eigenvalue weighted by atomic mass is 19.2. The number of amides is 1. The van der Waals surface area contributed by atoms with Gasteiger partial charge < -0.3 is 10.4 Å². The molecular formula is C13H12F3NO3. The van der Waals surface area contributed by atoms with Gasteiger partial charge in [-0.05, 0) is 25.0 Å². The Morgan fingerprint density at radius 1 is 1.20 bits per heavy atom. The smallest absolute Gasteiger partial charge is 0.311 e. The van der Waals surface area contributed by atoms with Crippen LogP contribution in [0.4, 0.5) is 13.2 Å². The van der Waals surface area contributed by atoms with Crippen LogP contribution in [0.25, 0.3) is 0 Å². The van der Waals surface area contributed by atoms with E-state index in [4.69, 9.17) is 5.11 Å². The number of carbonyl (C=O) groups excluding carboxylic acids is 1. The van der Waals surface area contributed by atoms with Crippen LogP contribution in [0.2, 0.25) is 0 Å². The SMILES string of the molecule is O=C(NCC1(C(=O)O)CCC1)c1cc(F)c(F)c(F)c1. The molecule has 0 saturated heterocycles. The zero-order valence-electron chi connectivity index (χ0n) is 10.4. The molecule has 0 radical (unpaired) electrons. The number of carboxylic acids is 1. The second-order valence-corrected chi connectivity index (χ2v) is 4.88. The molecule has 4 nitrogen and oxygen atoms in total. The average molecular weight is 287 g/mol. The van der Waals surface area contributed by atoms with Crippen molar-refractivity contribution >= 4 is 11.9 Å². The quantitative estimate of drug-likeness (QED) is 0.833. The van der Waals surface area contributed by atoms with Crippen molar-refractivity contribution in [3.05, 3.63) is 35.1 Å². The molecule has 0 spiro atoms. The first kappa shape index (κ1) is 14.4. The lowest BCUT2D eigenvalue weighted by Crippen LogP contribution is -2.47. The van der Waals surface area contributed by atoms with Gasteiger partial charge in [0, 0.05) is 12.1 Å². The van der Waals surface area contributed by atoms with Crippen molar-refractivity contribution in [3.8, 4) is 0 Å². The average Bonchev–Trinajstić information content (AvgIpc) is 2.33. The fourth-order valence-corrected chi connectivity index (χ4v) is 2.11. The summed E-state index contributed by atoms with van der Waals surface area (Å²) in [6.45, 7) is -0.123. The molecule has 20 heavy (non-hydrogen) atoms. The van der Waals surface area contributed by atoms with Crippen molar-refractivity contribution < 1.29 is 27.9 Å². The summed E-state index contributed by atoms with van der Waals surface area (Å²) in [6, 6.07) is 1.14. The fraction of sp³-hybridized carbons (Fsp3) is 0.385. The maximum atomic E-state index is 13.0. The van der Waals surface area contributed by atoms with E-state index in [0.29, 0.717) is 25.0 Å². The lowest BCUT2D eigenvalue weighted by molar-refractivity contribution is -0.153. The molecule has 7 heteroatoms. The Labute approximate surface area is 112 Å². The minimum Gasteiger partial charge on any atom is -0.481 e. The summed E-state index contributed by atoms with van der Waals surface area (Å²) in [6.07, 6.45) is 1.63. The van der Waals surface area contributed by atoms with Gasteiger partial charge in [0.25, 0.3) is 5.91 Å². The summed E-state index contributed by atoms with van der Waals surface area (Å²) < 4.78 is 38.7. The van der Waals surface area contributed by atoms with Crippen LogP contribution in [0.15, 0.2) is 12.1 Å². The highest BCUT2D eigenvalue weighted by Gasteiger charge is 2.44. The molecule has 1 aliphatic carbocycles. The van der Waals surface area contributed by atoms with Crippen molar-refractivity contribution in [3.63, 3.8) is 0 Å². The molecule has 1 fully saturated rings. The Morgan fingerprint density at radius 2 is 1.75 bits per heavy atom. The van der Waals surface area contributed by atoms with E-state index < -0.39 is 34.7 Å². The van der Waals surface area contributed by atoms with Crippen LogP contribution in [0.3, 0.4) is 0 Å². The maximum absolute atomic E-state index is 13.0. The molecule has 108 valence electrons. The number of benzene rings is 1.